The number of phenols is 1. The Labute approximate surface area is 156 Å². The van der Waals surface area contributed by atoms with Crippen LogP contribution in [0.15, 0.2) is 42.5 Å². The second kappa shape index (κ2) is 6.65. The molecule has 0 spiro atoms. The van der Waals surface area contributed by atoms with Gasteiger partial charge in [-0.2, -0.15) is 0 Å². The number of fused-ring (bicyclic) bond motifs is 3. The minimum Gasteiger partial charge on any atom is -0.507 e. The van der Waals surface area contributed by atoms with Crippen molar-refractivity contribution in [3.63, 3.8) is 0 Å². The molecule has 2 N–H and O–H groups in total. The molecule has 3 aromatic carbocycles. The number of hydrogen-bond acceptors (Lipinski definition) is 2. The fourth-order valence-electron chi connectivity index (χ4n) is 3.94. The van der Waals surface area contributed by atoms with Gasteiger partial charge in [0.2, 0.25) is 0 Å². The first-order valence-corrected chi connectivity index (χ1v) is 9.19. The maximum atomic E-state index is 11.9. The van der Waals surface area contributed by atoms with Crippen LogP contribution in [0.5, 0.6) is 5.75 Å². The van der Waals surface area contributed by atoms with Crippen molar-refractivity contribution < 1.29 is 15.0 Å². The van der Waals surface area contributed by atoms with E-state index in [1.54, 1.807) is 12.1 Å². The zero-order chi connectivity index (χ0) is 18.3. The number of carbonyl (C=O) groups is 1. The number of halogens is 1. The van der Waals surface area contributed by atoms with Gasteiger partial charge in [-0.3, -0.25) is 0 Å². The predicted octanol–water partition coefficient (Wildman–Crippen LogP) is 5.37. The molecule has 0 fully saturated rings. The molecule has 0 heterocycles. The van der Waals surface area contributed by atoms with Gasteiger partial charge >= 0.3 is 5.97 Å². The summed E-state index contributed by atoms with van der Waals surface area (Å²) >= 11 is 5.94. The second-order valence-corrected chi connectivity index (χ2v) is 7.31. The highest BCUT2D eigenvalue weighted by Crippen LogP contribution is 2.37. The number of carboxylic acids is 1. The summed E-state index contributed by atoms with van der Waals surface area (Å²) in [6.07, 6.45) is 4.72. The van der Waals surface area contributed by atoms with Gasteiger partial charge in [0.05, 0.1) is 0 Å². The molecule has 4 heteroatoms. The zero-order valence-corrected chi connectivity index (χ0v) is 15.0. The zero-order valence-electron chi connectivity index (χ0n) is 14.3. The first-order valence-electron chi connectivity index (χ1n) is 8.81. The molecule has 0 aromatic heterocycles. The second-order valence-electron chi connectivity index (χ2n) is 6.87. The van der Waals surface area contributed by atoms with E-state index in [0.717, 1.165) is 30.2 Å². The lowest BCUT2D eigenvalue weighted by Gasteiger charge is -2.20. The molecule has 26 heavy (non-hydrogen) atoms. The lowest BCUT2D eigenvalue weighted by molar-refractivity contribution is 0.0696. The summed E-state index contributed by atoms with van der Waals surface area (Å²) in [5.74, 6) is -1.24. The highest BCUT2D eigenvalue weighted by atomic mass is 35.5. The van der Waals surface area contributed by atoms with Crippen LogP contribution >= 0.6 is 11.6 Å². The Kier molecular flexibility index (Phi) is 4.33. The van der Waals surface area contributed by atoms with Gasteiger partial charge < -0.3 is 10.2 Å². The fourth-order valence-corrected chi connectivity index (χ4v) is 4.07. The molecule has 0 radical (unpaired) electrons. The molecule has 0 aliphatic heterocycles. The summed E-state index contributed by atoms with van der Waals surface area (Å²) < 4.78 is 0. The molecule has 1 aliphatic rings. The van der Waals surface area contributed by atoms with Gasteiger partial charge in [0, 0.05) is 16.8 Å². The van der Waals surface area contributed by atoms with Crippen LogP contribution in [0.3, 0.4) is 0 Å². The van der Waals surface area contributed by atoms with Crippen molar-refractivity contribution in [2.75, 3.05) is 0 Å². The highest BCUT2D eigenvalue weighted by molar-refractivity contribution is 6.30. The Balaban J connectivity index is 1.93. The fraction of sp³-hybridized carbons (Fsp3) is 0.227. The van der Waals surface area contributed by atoms with E-state index < -0.39 is 5.97 Å². The number of aromatic carboxylic acids is 1. The monoisotopic (exact) mass is 366 g/mol. The van der Waals surface area contributed by atoms with Gasteiger partial charge in [-0.15, -0.1) is 0 Å². The quantitative estimate of drug-likeness (QED) is 0.655. The van der Waals surface area contributed by atoms with Crippen molar-refractivity contribution in [1.82, 2.24) is 0 Å². The SMILES string of the molecule is O=C(O)c1c(O)c(Cc2ccc(Cl)cc2)cc2c3c(ccc12)CCCC3. The summed E-state index contributed by atoms with van der Waals surface area (Å²) in [6.45, 7) is 0. The number of benzene rings is 3. The van der Waals surface area contributed by atoms with Gasteiger partial charge in [-0.05, 0) is 71.5 Å². The summed E-state index contributed by atoms with van der Waals surface area (Å²) in [5.41, 5.74) is 4.14. The van der Waals surface area contributed by atoms with Crippen LogP contribution in [0, 0.1) is 0 Å². The largest absolute Gasteiger partial charge is 0.507 e. The minimum absolute atomic E-state index is 0.000151. The third kappa shape index (κ3) is 2.93. The number of carboxylic acid groups (broad SMARTS) is 1. The average Bonchev–Trinajstić information content (AvgIpc) is 2.64. The van der Waals surface area contributed by atoms with Crippen molar-refractivity contribution in [2.24, 2.45) is 0 Å². The van der Waals surface area contributed by atoms with E-state index in [9.17, 15) is 15.0 Å². The van der Waals surface area contributed by atoms with Crippen LogP contribution in [0.2, 0.25) is 5.02 Å². The van der Waals surface area contributed by atoms with Gasteiger partial charge in [-0.25, -0.2) is 4.79 Å². The molecule has 0 atom stereocenters. The normalized spacial score (nSPS) is 13.6. The van der Waals surface area contributed by atoms with Crippen LogP contribution in [0.1, 0.15) is 45.5 Å². The van der Waals surface area contributed by atoms with Gasteiger partial charge in [0.25, 0.3) is 0 Å². The van der Waals surface area contributed by atoms with Crippen LogP contribution < -0.4 is 0 Å². The van der Waals surface area contributed by atoms with E-state index in [2.05, 4.69) is 0 Å². The average molecular weight is 367 g/mol. The van der Waals surface area contributed by atoms with Gasteiger partial charge in [0.1, 0.15) is 11.3 Å². The molecule has 0 bridgehead atoms. The lowest BCUT2D eigenvalue weighted by atomic mass is 9.85. The Morgan fingerprint density at radius 1 is 1.00 bits per heavy atom. The molecule has 4 rings (SSSR count). The summed E-state index contributed by atoms with van der Waals surface area (Å²) in [5, 5.41) is 22.6. The van der Waals surface area contributed by atoms with Crippen molar-refractivity contribution in [3.8, 4) is 5.75 Å². The molecular formula is C22H19ClO3. The molecule has 3 aromatic rings. The first-order chi connectivity index (χ1) is 12.5. The van der Waals surface area contributed by atoms with Crippen LogP contribution in [0.25, 0.3) is 10.8 Å². The molecular weight excluding hydrogens is 348 g/mol. The third-order valence-electron chi connectivity index (χ3n) is 5.23. The molecule has 3 nitrogen and oxygen atoms in total. The Hall–Kier alpha value is -2.52. The Morgan fingerprint density at radius 3 is 2.46 bits per heavy atom. The van der Waals surface area contributed by atoms with E-state index in [4.69, 9.17) is 11.6 Å². The standard InChI is InChI=1S/C22H19ClO3/c23-16-8-5-13(6-9-16)11-15-12-19-17-4-2-1-3-14(17)7-10-18(19)20(21(15)24)22(25)26/h5-10,12,24H,1-4,11H2,(H,25,26). The molecule has 0 saturated carbocycles. The minimum atomic E-state index is -1.10. The number of aryl methyl sites for hydroxylation is 2. The first kappa shape index (κ1) is 16.9. The summed E-state index contributed by atoms with van der Waals surface area (Å²) in [4.78, 5) is 11.9. The van der Waals surface area contributed by atoms with Crippen LogP contribution in [0.4, 0.5) is 0 Å². The van der Waals surface area contributed by atoms with Crippen LogP contribution in [-0.4, -0.2) is 16.2 Å². The van der Waals surface area contributed by atoms with Crippen molar-refractivity contribution >= 4 is 28.3 Å². The van der Waals surface area contributed by atoms with E-state index in [-0.39, 0.29) is 11.3 Å². The molecule has 1 aliphatic carbocycles. The van der Waals surface area contributed by atoms with E-state index in [1.807, 2.05) is 30.3 Å². The molecule has 132 valence electrons. The number of aromatic hydroxyl groups is 1. The van der Waals surface area contributed by atoms with Crippen molar-refractivity contribution in [2.45, 2.75) is 32.1 Å². The maximum Gasteiger partial charge on any atom is 0.340 e. The van der Waals surface area contributed by atoms with Crippen LogP contribution in [-0.2, 0) is 19.3 Å². The van der Waals surface area contributed by atoms with E-state index >= 15 is 0 Å². The van der Waals surface area contributed by atoms with Crippen molar-refractivity contribution in [3.05, 3.63) is 75.3 Å². The van der Waals surface area contributed by atoms with E-state index in [0.29, 0.717) is 22.4 Å². The predicted molar refractivity (Wildman–Crippen MR) is 103 cm³/mol. The smallest absolute Gasteiger partial charge is 0.340 e. The number of hydrogen-bond donors (Lipinski definition) is 2. The highest BCUT2D eigenvalue weighted by Gasteiger charge is 2.22. The van der Waals surface area contributed by atoms with Gasteiger partial charge in [0.15, 0.2) is 0 Å². The molecule has 0 amide bonds. The van der Waals surface area contributed by atoms with Gasteiger partial charge in [-0.1, -0.05) is 35.9 Å². The Bertz CT molecular complexity index is 1010. The Morgan fingerprint density at radius 2 is 1.73 bits per heavy atom. The summed E-state index contributed by atoms with van der Waals surface area (Å²) in [7, 11) is 0. The number of rotatable bonds is 3. The van der Waals surface area contributed by atoms with E-state index in [1.165, 1.54) is 17.5 Å². The third-order valence-corrected chi connectivity index (χ3v) is 5.48. The maximum absolute atomic E-state index is 11.9. The molecule has 0 unspecified atom stereocenters. The lowest BCUT2D eigenvalue weighted by Crippen LogP contribution is -2.07. The summed E-state index contributed by atoms with van der Waals surface area (Å²) in [6, 6.07) is 13.2. The molecule has 0 saturated heterocycles. The van der Waals surface area contributed by atoms with Crippen molar-refractivity contribution in [1.29, 1.82) is 0 Å². The topological polar surface area (TPSA) is 57.5 Å².